The largest absolute Gasteiger partial charge is 0.353 e. The van der Waals surface area contributed by atoms with E-state index in [1.165, 1.54) is 11.3 Å². The molecular weight excluding hydrogens is 270 g/mol. The average molecular weight is 285 g/mol. The fourth-order valence-electron chi connectivity index (χ4n) is 2.02. The monoisotopic (exact) mass is 285 g/mol. The number of rotatable bonds is 4. The molecule has 0 aliphatic rings. The van der Waals surface area contributed by atoms with Gasteiger partial charge < -0.3 is 10.3 Å². The molecule has 5 heteroatoms. The van der Waals surface area contributed by atoms with Crippen molar-refractivity contribution in [3.63, 3.8) is 0 Å². The second-order valence-corrected chi connectivity index (χ2v) is 5.42. The van der Waals surface area contributed by atoms with E-state index < -0.39 is 0 Å². The molecule has 3 rings (SSSR count). The van der Waals surface area contributed by atoms with E-state index in [9.17, 15) is 4.79 Å². The number of benzene rings is 1. The summed E-state index contributed by atoms with van der Waals surface area (Å²) in [5, 5.41) is 6.62. The number of fused-ring (bicyclic) bond motifs is 1. The highest BCUT2D eigenvalue weighted by Gasteiger charge is 2.12. The molecule has 1 amide bonds. The molecule has 2 N–H and O–H groups in total. The van der Waals surface area contributed by atoms with Crippen molar-refractivity contribution in [1.29, 1.82) is 0 Å². The van der Waals surface area contributed by atoms with Gasteiger partial charge in [-0.2, -0.15) is 0 Å². The molecule has 20 heavy (non-hydrogen) atoms. The highest BCUT2D eigenvalue weighted by atomic mass is 32.1. The van der Waals surface area contributed by atoms with E-state index in [2.05, 4.69) is 27.4 Å². The van der Waals surface area contributed by atoms with Gasteiger partial charge >= 0.3 is 0 Å². The smallest absolute Gasteiger partial charge is 0.270 e. The summed E-state index contributed by atoms with van der Waals surface area (Å²) in [6.45, 7) is 2.70. The number of hydrogen-bond acceptors (Lipinski definition) is 3. The summed E-state index contributed by atoms with van der Waals surface area (Å²) in [6, 6.07) is 10.1. The summed E-state index contributed by atoms with van der Waals surface area (Å²) in [6.07, 6.45) is 0.921. The van der Waals surface area contributed by atoms with Gasteiger partial charge in [0.2, 0.25) is 0 Å². The van der Waals surface area contributed by atoms with Gasteiger partial charge in [0, 0.05) is 22.8 Å². The lowest BCUT2D eigenvalue weighted by Gasteiger charge is -1.98. The van der Waals surface area contributed by atoms with Crippen molar-refractivity contribution < 1.29 is 4.79 Å². The molecule has 0 atom stereocenters. The van der Waals surface area contributed by atoms with Crippen LogP contribution in [-0.2, 0) is 0 Å². The van der Waals surface area contributed by atoms with Crippen molar-refractivity contribution in [2.24, 2.45) is 0 Å². The second kappa shape index (κ2) is 5.46. The van der Waals surface area contributed by atoms with Crippen LogP contribution < -0.4 is 5.32 Å². The van der Waals surface area contributed by atoms with Gasteiger partial charge in [0.05, 0.1) is 5.69 Å². The van der Waals surface area contributed by atoms with Gasteiger partial charge in [0.25, 0.3) is 5.91 Å². The molecule has 0 aliphatic carbocycles. The van der Waals surface area contributed by atoms with E-state index in [1.807, 2.05) is 25.1 Å². The maximum Gasteiger partial charge on any atom is 0.270 e. The third-order valence-electron chi connectivity index (χ3n) is 3.03. The molecule has 3 aromatic rings. The van der Waals surface area contributed by atoms with E-state index in [4.69, 9.17) is 0 Å². The fraction of sp³-hybridized carbons (Fsp3) is 0.200. The first-order valence-electron chi connectivity index (χ1n) is 6.60. The minimum Gasteiger partial charge on any atom is -0.353 e. The standard InChI is InChI=1S/C15H15N3OS/c1-2-7-16-14(19)13-9-20-15(18-13)12-8-10-5-3-4-6-11(10)17-12/h3-6,8-9,17H,2,7H2,1H3,(H,16,19). The third kappa shape index (κ3) is 2.44. The number of aromatic amines is 1. The zero-order valence-corrected chi connectivity index (χ0v) is 12.0. The Morgan fingerprint density at radius 1 is 1.40 bits per heavy atom. The van der Waals surface area contributed by atoms with Crippen molar-refractivity contribution >= 4 is 28.1 Å². The van der Waals surface area contributed by atoms with Crippen LogP contribution in [0.3, 0.4) is 0 Å². The first kappa shape index (κ1) is 12.9. The zero-order chi connectivity index (χ0) is 13.9. The van der Waals surface area contributed by atoms with E-state index in [1.54, 1.807) is 5.38 Å². The maximum atomic E-state index is 11.8. The van der Waals surface area contributed by atoms with Crippen molar-refractivity contribution in [3.8, 4) is 10.7 Å². The summed E-state index contributed by atoms with van der Waals surface area (Å²) in [5.41, 5.74) is 2.51. The Morgan fingerprint density at radius 3 is 3.05 bits per heavy atom. The highest BCUT2D eigenvalue weighted by molar-refractivity contribution is 7.13. The Bertz CT molecular complexity index is 711. The Hall–Kier alpha value is -2.14. The number of carbonyl (C=O) groups is 1. The number of nitrogens with zero attached hydrogens (tertiary/aromatic N) is 1. The lowest BCUT2D eigenvalue weighted by Crippen LogP contribution is -2.24. The molecule has 1 aromatic carbocycles. The number of nitrogens with one attached hydrogen (secondary N) is 2. The number of hydrogen-bond donors (Lipinski definition) is 2. The second-order valence-electron chi connectivity index (χ2n) is 4.56. The topological polar surface area (TPSA) is 57.8 Å². The van der Waals surface area contributed by atoms with Gasteiger partial charge in [-0.3, -0.25) is 4.79 Å². The summed E-state index contributed by atoms with van der Waals surface area (Å²) >= 11 is 1.48. The summed E-state index contributed by atoms with van der Waals surface area (Å²) in [4.78, 5) is 19.6. The van der Waals surface area contributed by atoms with E-state index in [0.717, 1.165) is 28.0 Å². The number of H-pyrrole nitrogens is 1. The minimum absolute atomic E-state index is 0.106. The summed E-state index contributed by atoms with van der Waals surface area (Å²) < 4.78 is 0. The van der Waals surface area contributed by atoms with Crippen LogP contribution in [0.5, 0.6) is 0 Å². The molecule has 0 spiro atoms. The number of amides is 1. The minimum atomic E-state index is -0.106. The van der Waals surface area contributed by atoms with Crippen LogP contribution in [0.2, 0.25) is 0 Å². The van der Waals surface area contributed by atoms with Crippen LogP contribution in [0, 0.1) is 0 Å². The molecule has 0 radical (unpaired) electrons. The molecule has 2 aromatic heterocycles. The lowest BCUT2D eigenvalue weighted by molar-refractivity contribution is 0.0949. The Kier molecular flexibility index (Phi) is 3.52. The molecule has 0 fully saturated rings. The Labute approximate surface area is 120 Å². The van der Waals surface area contributed by atoms with Crippen LogP contribution in [0.15, 0.2) is 35.7 Å². The number of carbonyl (C=O) groups excluding carboxylic acids is 1. The van der Waals surface area contributed by atoms with Gasteiger partial charge in [-0.15, -0.1) is 11.3 Å². The van der Waals surface area contributed by atoms with Crippen molar-refractivity contribution in [2.45, 2.75) is 13.3 Å². The van der Waals surface area contributed by atoms with Gasteiger partial charge in [-0.05, 0) is 18.6 Å². The third-order valence-corrected chi connectivity index (χ3v) is 3.91. The zero-order valence-electron chi connectivity index (χ0n) is 11.1. The van der Waals surface area contributed by atoms with Crippen molar-refractivity contribution in [2.75, 3.05) is 6.54 Å². The van der Waals surface area contributed by atoms with Gasteiger partial charge in [-0.25, -0.2) is 4.98 Å². The predicted molar refractivity (Wildman–Crippen MR) is 82.0 cm³/mol. The molecular formula is C15H15N3OS. The van der Waals surface area contributed by atoms with Crippen LogP contribution in [0.1, 0.15) is 23.8 Å². The molecule has 0 saturated carbocycles. The average Bonchev–Trinajstić information content (AvgIpc) is 3.10. The molecule has 0 aliphatic heterocycles. The SMILES string of the molecule is CCCNC(=O)c1csc(-c2cc3ccccc3[nH]2)n1. The fourth-order valence-corrected chi connectivity index (χ4v) is 2.79. The van der Waals surface area contributed by atoms with E-state index in [-0.39, 0.29) is 5.91 Å². The van der Waals surface area contributed by atoms with Gasteiger partial charge in [0.15, 0.2) is 0 Å². The number of para-hydroxylation sites is 1. The number of aromatic nitrogens is 2. The van der Waals surface area contributed by atoms with Crippen LogP contribution in [0.4, 0.5) is 0 Å². The maximum absolute atomic E-state index is 11.8. The quantitative estimate of drug-likeness (QED) is 0.771. The summed E-state index contributed by atoms with van der Waals surface area (Å²) in [7, 11) is 0. The predicted octanol–water partition coefficient (Wildman–Crippen LogP) is 3.43. The highest BCUT2D eigenvalue weighted by Crippen LogP contribution is 2.26. The normalized spacial score (nSPS) is 10.8. The lowest BCUT2D eigenvalue weighted by atomic mass is 10.2. The number of thiazole rings is 1. The summed E-state index contributed by atoms with van der Waals surface area (Å²) in [5.74, 6) is -0.106. The van der Waals surface area contributed by atoms with Crippen LogP contribution in [0.25, 0.3) is 21.6 Å². The molecule has 0 saturated heterocycles. The molecule has 4 nitrogen and oxygen atoms in total. The first-order valence-corrected chi connectivity index (χ1v) is 7.47. The van der Waals surface area contributed by atoms with E-state index in [0.29, 0.717) is 12.2 Å². The van der Waals surface area contributed by atoms with Crippen molar-refractivity contribution in [3.05, 3.63) is 41.4 Å². The van der Waals surface area contributed by atoms with Gasteiger partial charge in [-0.1, -0.05) is 25.1 Å². The first-order chi connectivity index (χ1) is 9.78. The van der Waals surface area contributed by atoms with E-state index >= 15 is 0 Å². The van der Waals surface area contributed by atoms with Crippen LogP contribution >= 0.6 is 11.3 Å². The van der Waals surface area contributed by atoms with Crippen molar-refractivity contribution in [1.82, 2.24) is 15.3 Å². The molecule has 0 unspecified atom stereocenters. The molecule has 0 bridgehead atoms. The van der Waals surface area contributed by atoms with Gasteiger partial charge in [0.1, 0.15) is 10.7 Å². The van der Waals surface area contributed by atoms with Crippen LogP contribution in [-0.4, -0.2) is 22.4 Å². The Balaban J connectivity index is 1.87. The molecule has 102 valence electrons. The Morgan fingerprint density at radius 2 is 2.25 bits per heavy atom. The molecule has 2 heterocycles.